The molecule has 0 fully saturated rings. The maximum atomic E-state index is 6.50. The quantitative estimate of drug-likeness (QED) is 0.752. The third kappa shape index (κ3) is 2.33. The minimum atomic E-state index is 0.111. The van der Waals surface area contributed by atoms with Crippen LogP contribution in [0.25, 0.3) is 5.65 Å². The molecule has 2 unspecified atom stereocenters. The van der Waals surface area contributed by atoms with Gasteiger partial charge in [0.1, 0.15) is 5.65 Å². The molecule has 1 aliphatic carbocycles. The number of imidazole rings is 1. The molecule has 0 spiro atoms. The molecule has 1 aliphatic rings. The van der Waals surface area contributed by atoms with Gasteiger partial charge in [-0.05, 0) is 29.7 Å². The Kier molecular flexibility index (Phi) is 3.17. The summed E-state index contributed by atoms with van der Waals surface area (Å²) < 4.78 is 2.04. The number of pyridine rings is 1. The number of fused-ring (bicyclic) bond motifs is 2. The molecule has 0 radical (unpaired) electrons. The molecule has 2 heterocycles. The topological polar surface area (TPSA) is 29.3 Å². The van der Waals surface area contributed by atoms with Gasteiger partial charge in [0.15, 0.2) is 0 Å². The van der Waals surface area contributed by atoms with Crippen LogP contribution in [-0.4, -0.2) is 14.8 Å². The lowest BCUT2D eigenvalue weighted by atomic mass is 10.1. The molecule has 0 amide bonds. The summed E-state index contributed by atoms with van der Waals surface area (Å²) in [6.07, 6.45) is 5.01. The first-order valence-corrected chi connectivity index (χ1v) is 7.63. The molecule has 2 aromatic heterocycles. The average molecular weight is 298 g/mol. The summed E-state index contributed by atoms with van der Waals surface area (Å²) in [6, 6.07) is 14.7. The molecule has 21 heavy (non-hydrogen) atoms. The fourth-order valence-corrected chi connectivity index (χ4v) is 3.46. The van der Waals surface area contributed by atoms with Gasteiger partial charge in [0, 0.05) is 25.0 Å². The average Bonchev–Trinajstić information content (AvgIpc) is 3.04. The summed E-state index contributed by atoms with van der Waals surface area (Å²) in [7, 11) is 0. The molecule has 0 aliphatic heterocycles. The SMILES string of the molecule is ClC1Cc2ccccc2C1NCc1cn2ccccc2n1. The minimum absolute atomic E-state index is 0.111. The molecule has 2 atom stereocenters. The van der Waals surface area contributed by atoms with Crippen molar-refractivity contribution in [3.63, 3.8) is 0 Å². The van der Waals surface area contributed by atoms with Gasteiger partial charge < -0.3 is 9.72 Å². The fraction of sp³-hybridized carbons (Fsp3) is 0.235. The number of hydrogen-bond acceptors (Lipinski definition) is 2. The molecule has 3 nitrogen and oxygen atoms in total. The van der Waals surface area contributed by atoms with Crippen LogP contribution in [0.3, 0.4) is 0 Å². The van der Waals surface area contributed by atoms with Crippen molar-refractivity contribution in [2.24, 2.45) is 0 Å². The standard InChI is InChI=1S/C17H16ClN3/c18-15-9-12-5-1-2-6-14(12)17(15)19-10-13-11-21-8-4-3-7-16(21)20-13/h1-8,11,15,17,19H,9-10H2. The van der Waals surface area contributed by atoms with Crippen LogP contribution < -0.4 is 5.32 Å². The van der Waals surface area contributed by atoms with E-state index >= 15 is 0 Å². The predicted octanol–water partition coefficient (Wildman–Crippen LogP) is 3.33. The highest BCUT2D eigenvalue weighted by Crippen LogP contribution is 2.34. The van der Waals surface area contributed by atoms with E-state index in [0.717, 1.165) is 24.3 Å². The highest BCUT2D eigenvalue weighted by molar-refractivity contribution is 6.21. The summed E-state index contributed by atoms with van der Waals surface area (Å²) in [5.74, 6) is 0. The number of benzene rings is 1. The highest BCUT2D eigenvalue weighted by atomic mass is 35.5. The second-order valence-electron chi connectivity index (χ2n) is 5.48. The Morgan fingerprint density at radius 1 is 1.19 bits per heavy atom. The van der Waals surface area contributed by atoms with Crippen LogP contribution in [0.15, 0.2) is 54.9 Å². The number of aromatic nitrogens is 2. The number of nitrogens with zero attached hydrogens (tertiary/aromatic N) is 2. The largest absolute Gasteiger partial charge is 0.307 e. The lowest BCUT2D eigenvalue weighted by molar-refractivity contribution is 0.532. The Hall–Kier alpha value is -1.84. The Bertz CT molecular complexity index is 747. The number of rotatable bonds is 3. The number of nitrogens with one attached hydrogen (secondary N) is 1. The van der Waals surface area contributed by atoms with Gasteiger partial charge in [0.2, 0.25) is 0 Å². The Morgan fingerprint density at radius 2 is 2.05 bits per heavy atom. The molecule has 0 bridgehead atoms. The first-order valence-electron chi connectivity index (χ1n) is 7.19. The Morgan fingerprint density at radius 3 is 2.95 bits per heavy atom. The van der Waals surface area contributed by atoms with E-state index in [1.807, 2.05) is 28.8 Å². The zero-order chi connectivity index (χ0) is 14.2. The van der Waals surface area contributed by atoms with E-state index in [2.05, 4.69) is 40.8 Å². The van der Waals surface area contributed by atoms with Gasteiger partial charge in [0.25, 0.3) is 0 Å². The van der Waals surface area contributed by atoms with Crippen LogP contribution in [0.2, 0.25) is 0 Å². The molecular formula is C17H16ClN3. The van der Waals surface area contributed by atoms with Crippen molar-refractivity contribution < 1.29 is 0 Å². The van der Waals surface area contributed by atoms with Gasteiger partial charge in [-0.1, -0.05) is 30.3 Å². The van der Waals surface area contributed by atoms with Crippen molar-refractivity contribution in [1.82, 2.24) is 14.7 Å². The molecule has 1 N–H and O–H groups in total. The van der Waals surface area contributed by atoms with E-state index in [4.69, 9.17) is 11.6 Å². The molecule has 4 rings (SSSR count). The Balaban J connectivity index is 1.54. The monoisotopic (exact) mass is 297 g/mol. The van der Waals surface area contributed by atoms with E-state index in [-0.39, 0.29) is 11.4 Å². The van der Waals surface area contributed by atoms with Gasteiger partial charge >= 0.3 is 0 Å². The zero-order valence-electron chi connectivity index (χ0n) is 11.5. The normalized spacial score (nSPS) is 20.8. The van der Waals surface area contributed by atoms with Crippen LogP contribution >= 0.6 is 11.6 Å². The fourth-order valence-electron chi connectivity index (χ4n) is 3.07. The summed E-state index contributed by atoms with van der Waals surface area (Å²) in [5.41, 5.74) is 4.68. The van der Waals surface area contributed by atoms with Gasteiger partial charge in [-0.25, -0.2) is 4.98 Å². The van der Waals surface area contributed by atoms with Gasteiger partial charge in [-0.2, -0.15) is 0 Å². The first-order chi connectivity index (χ1) is 10.3. The second kappa shape index (κ2) is 5.17. The molecule has 106 valence electrons. The molecular weight excluding hydrogens is 282 g/mol. The van der Waals surface area contributed by atoms with Gasteiger partial charge in [-0.15, -0.1) is 11.6 Å². The van der Waals surface area contributed by atoms with Crippen molar-refractivity contribution in [2.75, 3.05) is 0 Å². The lowest BCUT2D eigenvalue weighted by Crippen LogP contribution is -2.25. The minimum Gasteiger partial charge on any atom is -0.307 e. The maximum absolute atomic E-state index is 6.50. The summed E-state index contributed by atoms with van der Waals surface area (Å²) in [5, 5.41) is 3.67. The van der Waals surface area contributed by atoms with E-state index < -0.39 is 0 Å². The predicted molar refractivity (Wildman–Crippen MR) is 84.6 cm³/mol. The maximum Gasteiger partial charge on any atom is 0.137 e. The Labute approximate surface area is 128 Å². The van der Waals surface area contributed by atoms with E-state index in [0.29, 0.717) is 0 Å². The van der Waals surface area contributed by atoms with Crippen molar-refractivity contribution in [1.29, 1.82) is 0 Å². The molecule has 0 saturated carbocycles. The van der Waals surface area contributed by atoms with Crippen LogP contribution in [0.4, 0.5) is 0 Å². The zero-order valence-corrected chi connectivity index (χ0v) is 12.3. The van der Waals surface area contributed by atoms with E-state index in [1.165, 1.54) is 11.1 Å². The third-order valence-electron chi connectivity index (χ3n) is 4.08. The van der Waals surface area contributed by atoms with E-state index in [9.17, 15) is 0 Å². The first kappa shape index (κ1) is 12.9. The molecule has 4 heteroatoms. The summed E-state index contributed by atoms with van der Waals surface area (Å²) >= 11 is 6.50. The van der Waals surface area contributed by atoms with E-state index in [1.54, 1.807) is 0 Å². The van der Waals surface area contributed by atoms with Crippen LogP contribution in [0.5, 0.6) is 0 Å². The number of halogens is 1. The molecule has 1 aromatic carbocycles. The van der Waals surface area contributed by atoms with Crippen LogP contribution in [0.1, 0.15) is 22.9 Å². The smallest absolute Gasteiger partial charge is 0.137 e. The second-order valence-corrected chi connectivity index (χ2v) is 6.04. The third-order valence-corrected chi connectivity index (χ3v) is 4.49. The van der Waals surface area contributed by atoms with Crippen LogP contribution in [0, 0.1) is 0 Å². The number of hydrogen-bond donors (Lipinski definition) is 1. The van der Waals surface area contributed by atoms with Gasteiger partial charge in [-0.3, -0.25) is 0 Å². The van der Waals surface area contributed by atoms with Crippen molar-refractivity contribution in [3.05, 3.63) is 71.7 Å². The van der Waals surface area contributed by atoms with Crippen LogP contribution in [-0.2, 0) is 13.0 Å². The number of alkyl halides is 1. The van der Waals surface area contributed by atoms with Crippen molar-refractivity contribution >= 4 is 17.2 Å². The van der Waals surface area contributed by atoms with Crippen molar-refractivity contribution in [3.8, 4) is 0 Å². The summed E-state index contributed by atoms with van der Waals surface area (Å²) in [4.78, 5) is 4.61. The lowest BCUT2D eigenvalue weighted by Gasteiger charge is -2.16. The van der Waals surface area contributed by atoms with Crippen molar-refractivity contribution in [2.45, 2.75) is 24.4 Å². The molecule has 0 saturated heterocycles. The summed E-state index contributed by atoms with van der Waals surface area (Å²) in [6.45, 7) is 0.726. The highest BCUT2D eigenvalue weighted by Gasteiger charge is 2.30. The molecule has 3 aromatic rings. The van der Waals surface area contributed by atoms with Gasteiger partial charge in [0.05, 0.1) is 11.1 Å².